The molecule has 2 heterocycles. The van der Waals surface area contributed by atoms with E-state index in [0.29, 0.717) is 14.5 Å². The Morgan fingerprint density at radius 2 is 1.83 bits per heavy atom. The normalized spacial score (nSPS) is 13.8. The number of amides is 3. The molecule has 2 aromatic rings. The number of hydrazone groups is 1. The highest BCUT2D eigenvalue weighted by Crippen LogP contribution is 2.12. The van der Waals surface area contributed by atoms with Crippen molar-refractivity contribution in [3.8, 4) is 0 Å². The molecule has 1 aliphatic rings. The highest BCUT2D eigenvalue weighted by Gasteiger charge is 2.32. The Kier molecular flexibility index (Phi) is 6.00. The summed E-state index contributed by atoms with van der Waals surface area (Å²) < 4.78 is 5.65. The number of carbonyl (C=O) groups excluding carboxylic acids is 4. The summed E-state index contributed by atoms with van der Waals surface area (Å²) in [6.45, 7) is -0.408. The molecule has 1 N–H and O–H groups in total. The zero-order valence-corrected chi connectivity index (χ0v) is 15.3. The van der Waals surface area contributed by atoms with E-state index in [-0.39, 0.29) is 29.6 Å². The highest BCUT2D eigenvalue weighted by molar-refractivity contribution is 6.01. The number of rotatable bonds is 6. The highest BCUT2D eigenvalue weighted by atomic mass is 16.7. The van der Waals surface area contributed by atoms with Crippen LogP contribution in [0.25, 0.3) is 11.0 Å². The number of nitrogens with one attached hydrogen (secondary N) is 1. The van der Waals surface area contributed by atoms with E-state index >= 15 is 0 Å². The third-order valence-corrected chi connectivity index (χ3v) is 3.91. The first-order chi connectivity index (χ1) is 14.4. The molecule has 0 aliphatic carbocycles. The summed E-state index contributed by atoms with van der Waals surface area (Å²) in [7, 11) is 0. The molecule has 0 spiro atoms. The van der Waals surface area contributed by atoms with E-state index in [1.807, 2.05) is 5.43 Å². The predicted molar refractivity (Wildman–Crippen MR) is 95.7 cm³/mol. The molecule has 1 aromatic carbocycles. The second-order valence-electron chi connectivity index (χ2n) is 5.96. The number of aromatic nitrogens is 2. The van der Waals surface area contributed by atoms with Gasteiger partial charge in [0.05, 0.1) is 6.42 Å². The fourth-order valence-electron chi connectivity index (χ4n) is 2.51. The van der Waals surface area contributed by atoms with Gasteiger partial charge in [0.15, 0.2) is 0 Å². The molecule has 1 aromatic heterocycles. The van der Waals surface area contributed by atoms with Crippen molar-refractivity contribution < 1.29 is 38.2 Å². The Balaban J connectivity index is 1.47. The van der Waals surface area contributed by atoms with Gasteiger partial charge in [-0.3, -0.25) is 9.59 Å². The summed E-state index contributed by atoms with van der Waals surface area (Å²) in [6, 6.07) is 6.14. The number of benzene rings is 1. The molecule has 1 saturated heterocycles. The van der Waals surface area contributed by atoms with E-state index in [9.17, 15) is 29.6 Å². The second-order valence-corrected chi connectivity index (χ2v) is 5.96. The van der Waals surface area contributed by atoms with Gasteiger partial charge in [-0.2, -0.15) is 14.6 Å². The van der Waals surface area contributed by atoms with E-state index in [1.165, 1.54) is 12.1 Å². The van der Waals surface area contributed by atoms with Crippen LogP contribution in [0.5, 0.6) is 0 Å². The van der Waals surface area contributed by atoms with Gasteiger partial charge in [0.2, 0.25) is 0 Å². The Morgan fingerprint density at radius 3 is 2.53 bits per heavy atom. The molecule has 13 nitrogen and oxygen atoms in total. The first-order valence-corrected chi connectivity index (χ1v) is 8.63. The zero-order chi connectivity index (χ0) is 21.7. The van der Waals surface area contributed by atoms with Crippen LogP contribution in [0.2, 0.25) is 0 Å². The molecule has 1 fully saturated rings. The van der Waals surface area contributed by atoms with Gasteiger partial charge in [-0.1, -0.05) is 12.1 Å². The third-order valence-electron chi connectivity index (χ3n) is 3.91. The van der Waals surface area contributed by atoms with Crippen LogP contribution in [0.15, 0.2) is 35.6 Å². The van der Waals surface area contributed by atoms with Gasteiger partial charge >= 0.3 is 17.8 Å². The van der Waals surface area contributed by atoms with Crippen LogP contribution < -0.4 is 14.9 Å². The topological polar surface area (TPSA) is 168 Å². The summed E-state index contributed by atoms with van der Waals surface area (Å²) in [5, 5.41) is 28.0. The molecular formula is C17H15N5O8. The first kappa shape index (κ1) is 20.4. The Bertz CT molecular complexity index is 1040. The lowest BCUT2D eigenvalue weighted by Gasteiger charge is -2.12. The number of nitrogens with zero attached hydrogens (tertiary/aromatic N) is 4. The molecule has 156 valence electrons. The molecule has 0 saturated carbocycles. The van der Waals surface area contributed by atoms with Gasteiger partial charge in [0.1, 0.15) is 12.8 Å². The maximum Gasteiger partial charge on any atom is 0.427 e. The van der Waals surface area contributed by atoms with Crippen molar-refractivity contribution in [3.05, 3.63) is 46.6 Å². The number of para-hydroxylation sites is 2. The van der Waals surface area contributed by atoms with Gasteiger partial charge in [-0.25, -0.2) is 15.0 Å². The van der Waals surface area contributed by atoms with E-state index < -0.39 is 36.9 Å². The van der Waals surface area contributed by atoms with Crippen LogP contribution in [0.1, 0.15) is 25.0 Å². The standard InChI is InChI=1S/C17H15N5O8/c23-14-5-6-15(24)22(14)30-16(25)7-8-29-17(26)19-18-9-11-10-20(27)12-3-1-2-4-13(12)21(11)28/h1-4,9-10H,5-8H2,(H,19,26)/b18-9+. The smallest absolute Gasteiger partial charge is 0.427 e. The third kappa shape index (κ3) is 4.57. The summed E-state index contributed by atoms with van der Waals surface area (Å²) in [5.74, 6) is -2.17. The van der Waals surface area contributed by atoms with Crippen LogP contribution in [0.4, 0.5) is 4.79 Å². The van der Waals surface area contributed by atoms with Crippen LogP contribution in [0.3, 0.4) is 0 Å². The number of imide groups is 1. The van der Waals surface area contributed by atoms with Crippen molar-refractivity contribution in [2.45, 2.75) is 19.3 Å². The maximum atomic E-state index is 12.2. The molecule has 0 unspecified atom stereocenters. The zero-order valence-electron chi connectivity index (χ0n) is 15.3. The van der Waals surface area contributed by atoms with Crippen LogP contribution in [-0.4, -0.2) is 41.8 Å². The Morgan fingerprint density at radius 1 is 1.17 bits per heavy atom. The van der Waals surface area contributed by atoms with Gasteiger partial charge in [0, 0.05) is 25.0 Å². The summed E-state index contributed by atoms with van der Waals surface area (Å²) in [6.07, 6.45) is 0.429. The molecule has 1 aliphatic heterocycles. The van der Waals surface area contributed by atoms with Crippen molar-refractivity contribution in [2.75, 3.05) is 6.61 Å². The molecule has 13 heteroatoms. The largest absolute Gasteiger partial charge is 0.618 e. The monoisotopic (exact) mass is 417 g/mol. The van der Waals surface area contributed by atoms with Crippen LogP contribution in [-0.2, 0) is 24.0 Å². The van der Waals surface area contributed by atoms with Crippen molar-refractivity contribution in [3.63, 3.8) is 0 Å². The Labute approximate surface area is 168 Å². The van der Waals surface area contributed by atoms with Crippen molar-refractivity contribution >= 4 is 41.1 Å². The van der Waals surface area contributed by atoms with Crippen LogP contribution >= 0.6 is 0 Å². The average molecular weight is 417 g/mol. The molecular weight excluding hydrogens is 402 g/mol. The van der Waals surface area contributed by atoms with Crippen molar-refractivity contribution in [1.29, 1.82) is 0 Å². The number of ether oxygens (including phenoxy) is 1. The van der Waals surface area contributed by atoms with Gasteiger partial charge in [-0.05, 0) is 0 Å². The van der Waals surface area contributed by atoms with Gasteiger partial charge in [-0.15, -0.1) is 5.06 Å². The number of hydrogen-bond donors (Lipinski definition) is 1. The fraction of sp³-hybridized carbons (Fsp3) is 0.235. The van der Waals surface area contributed by atoms with Crippen molar-refractivity contribution in [2.24, 2.45) is 5.10 Å². The molecule has 3 amide bonds. The fourth-order valence-corrected chi connectivity index (χ4v) is 2.51. The summed E-state index contributed by atoms with van der Waals surface area (Å²) >= 11 is 0. The molecule has 3 rings (SSSR count). The lowest BCUT2D eigenvalue weighted by molar-refractivity contribution is -0.629. The van der Waals surface area contributed by atoms with Gasteiger partial charge < -0.3 is 20.0 Å². The van der Waals surface area contributed by atoms with Crippen molar-refractivity contribution in [1.82, 2.24) is 10.5 Å². The first-order valence-electron chi connectivity index (χ1n) is 8.63. The molecule has 30 heavy (non-hydrogen) atoms. The van der Waals surface area contributed by atoms with Gasteiger partial charge in [0.25, 0.3) is 29.0 Å². The SMILES string of the molecule is O=C(CCOC(=O)N/N=C/c1c[n+]([O-])c2ccccc2[n+]1[O-])ON1C(=O)CCC1=O. The van der Waals surface area contributed by atoms with E-state index in [0.717, 1.165) is 12.4 Å². The number of carbonyl (C=O) groups is 4. The average Bonchev–Trinajstić information content (AvgIpc) is 3.03. The molecule has 0 bridgehead atoms. The molecule has 0 radical (unpaired) electrons. The Hall–Kier alpha value is -4.29. The number of hydrogen-bond acceptors (Lipinski definition) is 9. The minimum atomic E-state index is -1.04. The second kappa shape index (κ2) is 8.81. The lowest BCUT2D eigenvalue weighted by Crippen LogP contribution is -2.41. The number of hydroxylamine groups is 2. The minimum absolute atomic E-state index is 0.0318. The summed E-state index contributed by atoms with van der Waals surface area (Å²) in [5.41, 5.74) is 2.11. The van der Waals surface area contributed by atoms with E-state index in [1.54, 1.807) is 12.1 Å². The summed E-state index contributed by atoms with van der Waals surface area (Å²) in [4.78, 5) is 50.4. The lowest BCUT2D eigenvalue weighted by atomic mass is 10.3. The maximum absolute atomic E-state index is 12.2. The number of fused-ring (bicyclic) bond motifs is 1. The quantitative estimate of drug-likeness (QED) is 0.209. The molecule has 0 atom stereocenters. The van der Waals surface area contributed by atoms with E-state index in [2.05, 4.69) is 14.7 Å². The minimum Gasteiger partial charge on any atom is -0.618 e. The van der Waals surface area contributed by atoms with Crippen LogP contribution in [0, 0.1) is 10.4 Å². The van der Waals surface area contributed by atoms with E-state index in [4.69, 9.17) is 0 Å². The predicted octanol–water partition coefficient (Wildman–Crippen LogP) is -0.836.